The van der Waals surface area contributed by atoms with Crippen LogP contribution >= 0.6 is 11.3 Å². The van der Waals surface area contributed by atoms with Gasteiger partial charge in [-0.05, 0) is 46.5 Å². The van der Waals surface area contributed by atoms with E-state index in [2.05, 4.69) is 91.0 Å². The standard InChI is InChI=1S/C45H27N3OS/c1-3-10-29(11-4-1)43-46-44(30-12-5-2-6-13-30)48-45(47-43)31-20-18-28(19-21-31)32-14-9-15-33(26-32)34-22-23-36-38-25-24-37-35-16-7-8-17-39(35)49-41(37)42(38)50-40(36)27-34/h1-27H. The third-order valence-electron chi connectivity index (χ3n) is 9.36. The highest BCUT2D eigenvalue weighted by Gasteiger charge is 2.16. The Hall–Kier alpha value is -6.43. The van der Waals surface area contributed by atoms with Crippen molar-refractivity contribution in [2.24, 2.45) is 0 Å². The zero-order valence-corrected chi connectivity index (χ0v) is 27.6. The molecule has 0 atom stereocenters. The molecule has 234 valence electrons. The zero-order chi connectivity index (χ0) is 33.0. The fraction of sp³-hybridized carbons (Fsp3) is 0. The second kappa shape index (κ2) is 11.6. The van der Waals surface area contributed by atoms with Crippen LogP contribution in [0.25, 0.3) is 98.5 Å². The van der Waals surface area contributed by atoms with Crippen LogP contribution < -0.4 is 0 Å². The van der Waals surface area contributed by atoms with E-state index in [0.717, 1.165) is 44.4 Å². The zero-order valence-electron chi connectivity index (χ0n) is 26.7. The van der Waals surface area contributed by atoms with Gasteiger partial charge in [0, 0.05) is 42.9 Å². The van der Waals surface area contributed by atoms with E-state index in [1.54, 1.807) is 11.3 Å². The molecule has 7 aromatic carbocycles. The predicted octanol–water partition coefficient (Wildman–Crippen LogP) is 12.5. The lowest BCUT2D eigenvalue weighted by atomic mass is 9.97. The summed E-state index contributed by atoms with van der Waals surface area (Å²) in [5, 5.41) is 4.82. The number of hydrogen-bond donors (Lipinski definition) is 0. The van der Waals surface area contributed by atoms with E-state index in [-0.39, 0.29) is 0 Å². The summed E-state index contributed by atoms with van der Waals surface area (Å²) in [5.41, 5.74) is 9.41. The summed E-state index contributed by atoms with van der Waals surface area (Å²) in [6.07, 6.45) is 0. The second-order valence-corrected chi connectivity index (χ2v) is 13.5. The monoisotopic (exact) mass is 657 g/mol. The highest BCUT2D eigenvalue weighted by molar-refractivity contribution is 7.26. The lowest BCUT2D eigenvalue weighted by Gasteiger charge is -2.10. The van der Waals surface area contributed by atoms with Crippen molar-refractivity contribution in [1.82, 2.24) is 15.0 Å². The van der Waals surface area contributed by atoms with Crippen LogP contribution in [-0.4, -0.2) is 15.0 Å². The lowest BCUT2D eigenvalue weighted by molar-refractivity contribution is 0.673. The molecule has 0 N–H and O–H groups in total. The minimum Gasteiger partial charge on any atom is -0.455 e. The molecule has 50 heavy (non-hydrogen) atoms. The molecule has 0 saturated carbocycles. The highest BCUT2D eigenvalue weighted by atomic mass is 32.1. The Morgan fingerprint density at radius 1 is 0.360 bits per heavy atom. The Morgan fingerprint density at radius 2 is 0.860 bits per heavy atom. The molecule has 10 aromatic rings. The molecular formula is C45H27N3OS. The number of rotatable bonds is 5. The summed E-state index contributed by atoms with van der Waals surface area (Å²) < 4.78 is 8.81. The van der Waals surface area contributed by atoms with Crippen molar-refractivity contribution >= 4 is 53.4 Å². The summed E-state index contributed by atoms with van der Waals surface area (Å²) in [5.74, 6) is 1.96. The van der Waals surface area contributed by atoms with Gasteiger partial charge >= 0.3 is 0 Å². The third kappa shape index (κ3) is 4.87. The largest absolute Gasteiger partial charge is 0.455 e. The van der Waals surface area contributed by atoms with Crippen LogP contribution in [-0.2, 0) is 0 Å². The summed E-state index contributed by atoms with van der Waals surface area (Å²) in [6, 6.07) is 56.9. The number of furan rings is 1. The van der Waals surface area contributed by atoms with Gasteiger partial charge in [-0.1, -0.05) is 140 Å². The highest BCUT2D eigenvalue weighted by Crippen LogP contribution is 2.43. The van der Waals surface area contributed by atoms with Crippen molar-refractivity contribution < 1.29 is 4.42 Å². The molecule has 0 fully saturated rings. The third-order valence-corrected chi connectivity index (χ3v) is 10.5. The first-order valence-electron chi connectivity index (χ1n) is 16.6. The molecule has 4 nitrogen and oxygen atoms in total. The SMILES string of the molecule is c1ccc(-c2nc(-c3ccccc3)nc(-c3ccc(-c4cccc(-c5ccc6c(c5)sc5c6ccc6c7ccccc7oc65)c4)cc3)n2)cc1. The molecule has 0 bridgehead atoms. The molecule has 5 heteroatoms. The first-order valence-corrected chi connectivity index (χ1v) is 17.4. The van der Waals surface area contributed by atoms with E-state index in [1.165, 1.54) is 36.7 Å². The molecule has 0 spiro atoms. The van der Waals surface area contributed by atoms with E-state index < -0.39 is 0 Å². The molecular weight excluding hydrogens is 631 g/mol. The van der Waals surface area contributed by atoms with E-state index >= 15 is 0 Å². The van der Waals surface area contributed by atoms with Crippen LogP contribution in [0.5, 0.6) is 0 Å². The van der Waals surface area contributed by atoms with Crippen molar-refractivity contribution in [3.05, 3.63) is 164 Å². The number of aromatic nitrogens is 3. The minimum absolute atomic E-state index is 0.648. The Kier molecular flexibility index (Phi) is 6.64. The number of thiophene rings is 1. The topological polar surface area (TPSA) is 51.8 Å². The van der Waals surface area contributed by atoms with Crippen molar-refractivity contribution in [1.29, 1.82) is 0 Å². The van der Waals surface area contributed by atoms with Crippen LogP contribution in [0.1, 0.15) is 0 Å². The van der Waals surface area contributed by atoms with Crippen LogP contribution in [0.3, 0.4) is 0 Å². The van der Waals surface area contributed by atoms with Crippen LogP contribution in [0.15, 0.2) is 168 Å². The predicted molar refractivity (Wildman–Crippen MR) is 207 cm³/mol. The van der Waals surface area contributed by atoms with Crippen LogP contribution in [0, 0.1) is 0 Å². The summed E-state index contributed by atoms with van der Waals surface area (Å²) in [4.78, 5) is 14.6. The molecule has 3 heterocycles. The Balaban J connectivity index is 0.997. The van der Waals surface area contributed by atoms with Gasteiger partial charge < -0.3 is 4.42 Å². The average molecular weight is 658 g/mol. The number of para-hydroxylation sites is 1. The Labute approximate surface area is 292 Å². The summed E-state index contributed by atoms with van der Waals surface area (Å²) >= 11 is 1.80. The fourth-order valence-electron chi connectivity index (χ4n) is 6.82. The fourth-order valence-corrected chi connectivity index (χ4v) is 8.05. The molecule has 10 rings (SSSR count). The van der Waals surface area contributed by atoms with E-state index in [0.29, 0.717) is 17.5 Å². The molecule has 0 radical (unpaired) electrons. The van der Waals surface area contributed by atoms with E-state index in [1.807, 2.05) is 72.8 Å². The van der Waals surface area contributed by atoms with Crippen LogP contribution in [0.2, 0.25) is 0 Å². The number of hydrogen-bond acceptors (Lipinski definition) is 5. The maximum Gasteiger partial charge on any atom is 0.164 e. The van der Waals surface area contributed by atoms with Gasteiger partial charge in [-0.3, -0.25) is 0 Å². The van der Waals surface area contributed by atoms with E-state index in [4.69, 9.17) is 19.4 Å². The number of benzene rings is 7. The Morgan fingerprint density at radius 3 is 1.56 bits per heavy atom. The van der Waals surface area contributed by atoms with Gasteiger partial charge in [-0.2, -0.15) is 0 Å². The van der Waals surface area contributed by atoms with Gasteiger partial charge in [-0.15, -0.1) is 11.3 Å². The quantitative estimate of drug-likeness (QED) is 0.185. The smallest absolute Gasteiger partial charge is 0.164 e. The molecule has 0 aliphatic heterocycles. The first-order chi connectivity index (χ1) is 24.7. The van der Waals surface area contributed by atoms with Crippen molar-refractivity contribution in [2.45, 2.75) is 0 Å². The van der Waals surface area contributed by atoms with Crippen molar-refractivity contribution in [3.63, 3.8) is 0 Å². The average Bonchev–Trinajstić information content (AvgIpc) is 3.77. The number of nitrogens with zero attached hydrogens (tertiary/aromatic N) is 3. The van der Waals surface area contributed by atoms with Gasteiger partial charge in [0.05, 0.1) is 4.70 Å². The lowest BCUT2D eigenvalue weighted by Crippen LogP contribution is -2.00. The number of fused-ring (bicyclic) bond motifs is 7. The maximum atomic E-state index is 6.36. The summed E-state index contributed by atoms with van der Waals surface area (Å²) in [6.45, 7) is 0. The molecule has 0 unspecified atom stereocenters. The van der Waals surface area contributed by atoms with Gasteiger partial charge in [0.15, 0.2) is 23.1 Å². The normalized spacial score (nSPS) is 11.6. The van der Waals surface area contributed by atoms with Crippen molar-refractivity contribution in [3.8, 4) is 56.4 Å². The van der Waals surface area contributed by atoms with E-state index in [9.17, 15) is 0 Å². The Bertz CT molecular complexity index is 2800. The van der Waals surface area contributed by atoms with Crippen molar-refractivity contribution in [2.75, 3.05) is 0 Å². The van der Waals surface area contributed by atoms with Gasteiger partial charge in [0.1, 0.15) is 5.58 Å². The van der Waals surface area contributed by atoms with Gasteiger partial charge in [0.25, 0.3) is 0 Å². The van der Waals surface area contributed by atoms with Gasteiger partial charge in [-0.25, -0.2) is 15.0 Å². The van der Waals surface area contributed by atoms with Crippen LogP contribution in [0.4, 0.5) is 0 Å². The molecule has 0 aliphatic rings. The maximum absolute atomic E-state index is 6.36. The molecule has 0 saturated heterocycles. The molecule has 0 aliphatic carbocycles. The first kappa shape index (κ1) is 28.6. The molecule has 3 aromatic heterocycles. The summed E-state index contributed by atoms with van der Waals surface area (Å²) in [7, 11) is 0. The molecule has 0 amide bonds. The minimum atomic E-state index is 0.648. The van der Waals surface area contributed by atoms with Gasteiger partial charge in [0.2, 0.25) is 0 Å². The second-order valence-electron chi connectivity index (χ2n) is 12.4.